The minimum Gasteiger partial charge on any atom is -0.454 e. The molecule has 0 unspecified atom stereocenters. The van der Waals surface area contributed by atoms with E-state index in [-0.39, 0.29) is 30.8 Å². The summed E-state index contributed by atoms with van der Waals surface area (Å²) in [7, 11) is 0. The fourth-order valence-corrected chi connectivity index (χ4v) is 4.39. The highest BCUT2D eigenvalue weighted by molar-refractivity contribution is 8.01. The number of hydrogen-bond donors (Lipinski definition) is 2. The molecule has 30 heavy (non-hydrogen) atoms. The molecule has 7 nitrogen and oxygen atoms in total. The third kappa shape index (κ3) is 5.31. The van der Waals surface area contributed by atoms with Gasteiger partial charge in [-0.1, -0.05) is 29.5 Å². The number of thiazole rings is 1. The fraction of sp³-hybridized carbons (Fsp3) is 0.190. The zero-order valence-corrected chi connectivity index (χ0v) is 17.8. The van der Waals surface area contributed by atoms with Gasteiger partial charge < -0.3 is 20.1 Å². The summed E-state index contributed by atoms with van der Waals surface area (Å²) in [5.74, 6) is 1.27. The summed E-state index contributed by atoms with van der Waals surface area (Å²) < 4.78 is 11.3. The molecule has 0 radical (unpaired) electrons. The minimum atomic E-state index is -0.173. The molecule has 2 amide bonds. The molecule has 0 spiro atoms. The Morgan fingerprint density at radius 2 is 1.77 bits per heavy atom. The molecule has 1 aliphatic heterocycles. The molecule has 0 bridgehead atoms. The van der Waals surface area contributed by atoms with Gasteiger partial charge in [-0.25, -0.2) is 4.98 Å². The lowest BCUT2D eigenvalue weighted by Gasteiger charge is -2.05. The van der Waals surface area contributed by atoms with Gasteiger partial charge in [-0.05, 0) is 31.2 Å². The zero-order chi connectivity index (χ0) is 20.9. The predicted molar refractivity (Wildman–Crippen MR) is 118 cm³/mol. The Hall–Kier alpha value is -3.04. The van der Waals surface area contributed by atoms with Crippen molar-refractivity contribution in [1.29, 1.82) is 0 Å². The highest BCUT2D eigenvalue weighted by atomic mass is 32.2. The van der Waals surface area contributed by atoms with Gasteiger partial charge in [-0.2, -0.15) is 0 Å². The van der Waals surface area contributed by atoms with Crippen molar-refractivity contribution in [2.24, 2.45) is 0 Å². The maximum absolute atomic E-state index is 12.3. The first-order valence-corrected chi connectivity index (χ1v) is 11.0. The maximum Gasteiger partial charge on any atom is 0.234 e. The summed E-state index contributed by atoms with van der Waals surface area (Å²) in [6, 6.07) is 12.9. The van der Waals surface area contributed by atoms with E-state index in [9.17, 15) is 9.59 Å². The van der Waals surface area contributed by atoms with Crippen molar-refractivity contribution >= 4 is 46.3 Å². The molecular weight excluding hydrogens is 422 g/mol. The molecule has 0 saturated carbocycles. The average Bonchev–Trinajstić information content (AvgIpc) is 3.37. The van der Waals surface area contributed by atoms with Crippen LogP contribution in [0.1, 0.15) is 11.3 Å². The number of fused-ring (bicyclic) bond motifs is 1. The van der Waals surface area contributed by atoms with E-state index in [4.69, 9.17) is 9.47 Å². The van der Waals surface area contributed by atoms with E-state index < -0.39 is 0 Å². The minimum absolute atomic E-state index is 0.0962. The van der Waals surface area contributed by atoms with Crippen LogP contribution < -0.4 is 20.1 Å². The van der Waals surface area contributed by atoms with Gasteiger partial charge >= 0.3 is 0 Å². The molecule has 3 aromatic rings. The number of benzene rings is 2. The largest absolute Gasteiger partial charge is 0.454 e. The summed E-state index contributed by atoms with van der Waals surface area (Å²) >= 11 is 2.77. The highest BCUT2D eigenvalue weighted by Crippen LogP contribution is 2.34. The van der Waals surface area contributed by atoms with Crippen molar-refractivity contribution < 1.29 is 19.1 Å². The number of carbonyl (C=O) groups is 2. The maximum atomic E-state index is 12.3. The van der Waals surface area contributed by atoms with Crippen molar-refractivity contribution in [3.63, 3.8) is 0 Å². The van der Waals surface area contributed by atoms with Gasteiger partial charge in [0.25, 0.3) is 0 Å². The number of nitrogens with one attached hydrogen (secondary N) is 2. The Morgan fingerprint density at radius 3 is 2.60 bits per heavy atom. The number of thioether (sulfide) groups is 1. The molecule has 0 aliphatic carbocycles. The van der Waals surface area contributed by atoms with Crippen molar-refractivity contribution in [2.45, 2.75) is 17.7 Å². The van der Waals surface area contributed by atoms with Crippen LogP contribution in [0.5, 0.6) is 11.5 Å². The van der Waals surface area contributed by atoms with Crippen LogP contribution in [0.15, 0.2) is 52.2 Å². The van der Waals surface area contributed by atoms with Crippen LogP contribution in [0.3, 0.4) is 0 Å². The molecular formula is C21H19N3O4S2. The van der Waals surface area contributed by atoms with Gasteiger partial charge in [0, 0.05) is 22.8 Å². The number of aromatic nitrogens is 1. The molecule has 2 N–H and O–H groups in total. The van der Waals surface area contributed by atoms with Crippen LogP contribution in [0.4, 0.5) is 11.4 Å². The van der Waals surface area contributed by atoms with Crippen molar-refractivity contribution in [2.75, 3.05) is 23.2 Å². The topological polar surface area (TPSA) is 89.6 Å². The standard InChI is InChI=1S/C21H19N3O4S2/c1-13-2-4-14(5-3-13)22-20(26)11-30-21-24-16(10-29-21)9-19(25)23-15-6-7-17-18(8-15)28-12-27-17/h2-8,10H,9,11-12H2,1H3,(H,22,26)(H,23,25). The first-order chi connectivity index (χ1) is 14.5. The SMILES string of the molecule is Cc1ccc(NC(=O)CSc2nc(CC(=O)Nc3ccc4c(c3)OCO4)cs2)cc1. The van der Waals surface area contributed by atoms with Crippen LogP contribution in [0.2, 0.25) is 0 Å². The Labute approximate surface area is 181 Å². The molecule has 2 aromatic carbocycles. The van der Waals surface area contributed by atoms with Gasteiger partial charge in [-0.3, -0.25) is 9.59 Å². The molecule has 2 heterocycles. The molecule has 9 heteroatoms. The van der Waals surface area contributed by atoms with E-state index in [1.807, 2.05) is 36.6 Å². The predicted octanol–water partition coefficient (Wildman–Crippen LogP) is 4.09. The van der Waals surface area contributed by atoms with E-state index in [0.717, 1.165) is 15.6 Å². The van der Waals surface area contributed by atoms with E-state index >= 15 is 0 Å². The molecule has 0 fully saturated rings. The van der Waals surface area contributed by atoms with Crippen molar-refractivity contribution in [3.05, 3.63) is 59.1 Å². The Balaban J connectivity index is 1.25. The summed E-state index contributed by atoms with van der Waals surface area (Å²) in [6.07, 6.45) is 0.154. The van der Waals surface area contributed by atoms with Gasteiger partial charge in [0.2, 0.25) is 18.6 Å². The first kappa shape index (κ1) is 20.2. The molecule has 4 rings (SSSR count). The first-order valence-electron chi connectivity index (χ1n) is 9.18. The third-order valence-electron chi connectivity index (χ3n) is 4.19. The molecule has 1 aliphatic rings. The summed E-state index contributed by atoms with van der Waals surface area (Å²) in [4.78, 5) is 28.8. The Kier molecular flexibility index (Phi) is 6.20. The van der Waals surface area contributed by atoms with Crippen LogP contribution in [-0.4, -0.2) is 29.3 Å². The third-order valence-corrected chi connectivity index (χ3v) is 6.26. The number of carbonyl (C=O) groups excluding carboxylic acids is 2. The van der Waals surface area contributed by atoms with Crippen LogP contribution in [0.25, 0.3) is 0 Å². The lowest BCUT2D eigenvalue weighted by atomic mass is 10.2. The molecule has 0 atom stereocenters. The summed E-state index contributed by atoms with van der Waals surface area (Å²) in [6.45, 7) is 2.19. The van der Waals surface area contributed by atoms with E-state index in [1.165, 1.54) is 23.1 Å². The second-order valence-electron chi connectivity index (χ2n) is 6.60. The smallest absolute Gasteiger partial charge is 0.234 e. The van der Waals surface area contributed by atoms with Gasteiger partial charge in [-0.15, -0.1) is 11.3 Å². The number of hydrogen-bond acceptors (Lipinski definition) is 7. The number of amides is 2. The number of anilines is 2. The van der Waals surface area contributed by atoms with E-state index in [2.05, 4.69) is 15.6 Å². The normalized spacial score (nSPS) is 11.9. The quantitative estimate of drug-likeness (QED) is 0.537. The Bertz CT molecular complexity index is 1070. The highest BCUT2D eigenvalue weighted by Gasteiger charge is 2.15. The summed E-state index contributed by atoms with van der Waals surface area (Å²) in [5.41, 5.74) is 3.22. The number of rotatable bonds is 7. The van der Waals surface area contributed by atoms with Gasteiger partial charge in [0.15, 0.2) is 15.8 Å². The van der Waals surface area contributed by atoms with Crippen LogP contribution in [-0.2, 0) is 16.0 Å². The molecule has 0 saturated heterocycles. The van der Waals surface area contributed by atoms with Crippen molar-refractivity contribution in [1.82, 2.24) is 4.98 Å². The monoisotopic (exact) mass is 441 g/mol. The second-order valence-corrected chi connectivity index (χ2v) is 8.68. The number of aryl methyl sites for hydroxylation is 1. The van der Waals surface area contributed by atoms with E-state index in [0.29, 0.717) is 22.9 Å². The summed E-state index contributed by atoms with van der Waals surface area (Å²) in [5, 5.41) is 7.52. The second kappa shape index (κ2) is 9.19. The number of nitrogens with zero attached hydrogens (tertiary/aromatic N) is 1. The van der Waals surface area contributed by atoms with Crippen molar-refractivity contribution in [3.8, 4) is 11.5 Å². The molecule has 154 valence electrons. The fourth-order valence-electron chi connectivity index (χ4n) is 2.74. The van der Waals surface area contributed by atoms with E-state index in [1.54, 1.807) is 18.2 Å². The zero-order valence-electron chi connectivity index (χ0n) is 16.1. The molecule has 1 aromatic heterocycles. The van der Waals surface area contributed by atoms with Gasteiger partial charge in [0.05, 0.1) is 17.9 Å². The van der Waals surface area contributed by atoms with Crippen LogP contribution >= 0.6 is 23.1 Å². The van der Waals surface area contributed by atoms with Gasteiger partial charge in [0.1, 0.15) is 0 Å². The number of ether oxygens (including phenoxy) is 2. The Morgan fingerprint density at radius 1 is 1.03 bits per heavy atom. The van der Waals surface area contributed by atoms with Crippen LogP contribution in [0, 0.1) is 6.92 Å². The lowest BCUT2D eigenvalue weighted by Crippen LogP contribution is -2.14. The lowest BCUT2D eigenvalue weighted by molar-refractivity contribution is -0.116. The average molecular weight is 442 g/mol.